The lowest BCUT2D eigenvalue weighted by molar-refractivity contribution is 0.0659. The minimum Gasteiger partial charge on any atom is -0.383 e. The summed E-state index contributed by atoms with van der Waals surface area (Å²) in [6.45, 7) is 1.44. The predicted octanol–water partition coefficient (Wildman–Crippen LogP) is 2.46. The van der Waals surface area contributed by atoms with E-state index in [1.807, 2.05) is 0 Å². The van der Waals surface area contributed by atoms with Gasteiger partial charge in [0.25, 0.3) is 0 Å². The maximum Gasteiger partial charge on any atom is 0.175 e. The van der Waals surface area contributed by atoms with Crippen molar-refractivity contribution in [3.8, 4) is 0 Å². The predicted molar refractivity (Wildman–Crippen MR) is 76.2 cm³/mol. The topological polar surface area (TPSA) is 55.4 Å². The Bertz CT molecular complexity index is 490. The molecule has 0 saturated heterocycles. The van der Waals surface area contributed by atoms with Crippen LogP contribution in [-0.4, -0.2) is 33.9 Å². The van der Waals surface area contributed by atoms with E-state index in [1.165, 1.54) is 31.9 Å². The third kappa shape index (κ3) is 4.51. The molecule has 0 spiro atoms. The highest BCUT2D eigenvalue weighted by Crippen LogP contribution is 2.20. The van der Waals surface area contributed by atoms with Gasteiger partial charge in [-0.05, 0) is 37.1 Å². The smallest absolute Gasteiger partial charge is 0.175 e. The van der Waals surface area contributed by atoms with Gasteiger partial charge >= 0.3 is 0 Å². The lowest BCUT2D eigenvalue weighted by Crippen LogP contribution is -2.15. The van der Waals surface area contributed by atoms with Gasteiger partial charge < -0.3 is 10.1 Å². The minimum absolute atomic E-state index is 0.347. The Labute approximate surface area is 115 Å². The van der Waals surface area contributed by atoms with Crippen LogP contribution in [0.4, 0.5) is 5.69 Å². The van der Waals surface area contributed by atoms with Crippen LogP contribution in [0.15, 0.2) is 29.2 Å². The SMILES string of the molecule is CS(=O)(=O)c1ccc(NCCOC2CCCC2)cc1. The average molecular weight is 283 g/mol. The van der Waals surface area contributed by atoms with Crippen LogP contribution in [-0.2, 0) is 14.6 Å². The molecule has 1 fully saturated rings. The number of rotatable bonds is 6. The fourth-order valence-corrected chi connectivity index (χ4v) is 2.93. The fraction of sp³-hybridized carbons (Fsp3) is 0.571. The van der Waals surface area contributed by atoms with Gasteiger partial charge in [-0.15, -0.1) is 0 Å². The molecule has 0 radical (unpaired) electrons. The summed E-state index contributed by atoms with van der Waals surface area (Å²) in [4.78, 5) is 0.347. The average Bonchev–Trinajstić information content (AvgIpc) is 2.87. The molecule has 0 aromatic heterocycles. The molecule has 0 amide bonds. The van der Waals surface area contributed by atoms with Crippen molar-refractivity contribution in [1.29, 1.82) is 0 Å². The van der Waals surface area contributed by atoms with Gasteiger partial charge in [0.1, 0.15) is 0 Å². The second kappa shape index (κ2) is 6.39. The molecule has 1 aliphatic rings. The van der Waals surface area contributed by atoms with Crippen molar-refractivity contribution in [3.63, 3.8) is 0 Å². The largest absolute Gasteiger partial charge is 0.383 e. The molecule has 0 aliphatic heterocycles. The normalized spacial score (nSPS) is 16.7. The Morgan fingerprint density at radius 1 is 1.21 bits per heavy atom. The van der Waals surface area contributed by atoms with Crippen molar-refractivity contribution in [1.82, 2.24) is 0 Å². The molecule has 1 N–H and O–H groups in total. The van der Waals surface area contributed by atoms with Crippen molar-refractivity contribution >= 4 is 15.5 Å². The summed E-state index contributed by atoms with van der Waals surface area (Å²) in [5.74, 6) is 0. The van der Waals surface area contributed by atoms with Crippen molar-refractivity contribution in [2.24, 2.45) is 0 Å². The van der Waals surface area contributed by atoms with Crippen LogP contribution in [0.25, 0.3) is 0 Å². The lowest BCUT2D eigenvalue weighted by Gasteiger charge is -2.12. The van der Waals surface area contributed by atoms with Gasteiger partial charge in [0, 0.05) is 18.5 Å². The van der Waals surface area contributed by atoms with Crippen LogP contribution in [0.2, 0.25) is 0 Å². The third-order valence-electron chi connectivity index (χ3n) is 3.37. The first-order valence-electron chi connectivity index (χ1n) is 6.71. The Morgan fingerprint density at radius 2 is 1.84 bits per heavy atom. The summed E-state index contributed by atoms with van der Waals surface area (Å²) in [7, 11) is -3.11. The van der Waals surface area contributed by atoms with Gasteiger partial charge in [-0.25, -0.2) is 8.42 Å². The molecule has 5 heteroatoms. The summed E-state index contributed by atoms with van der Waals surface area (Å²) in [5, 5.41) is 3.23. The van der Waals surface area contributed by atoms with E-state index in [9.17, 15) is 8.42 Å². The minimum atomic E-state index is -3.11. The number of nitrogens with one attached hydrogen (secondary N) is 1. The molecule has 0 heterocycles. The van der Waals surface area contributed by atoms with Gasteiger partial charge in [-0.2, -0.15) is 0 Å². The molecule has 1 aromatic carbocycles. The number of anilines is 1. The standard InChI is InChI=1S/C14H21NO3S/c1-19(16,17)14-8-6-12(7-9-14)15-10-11-18-13-4-2-3-5-13/h6-9,13,15H,2-5,10-11H2,1H3. The highest BCUT2D eigenvalue weighted by molar-refractivity contribution is 7.90. The quantitative estimate of drug-likeness (QED) is 0.815. The summed E-state index contributed by atoms with van der Waals surface area (Å²) in [6, 6.07) is 6.81. The summed E-state index contributed by atoms with van der Waals surface area (Å²) < 4.78 is 28.4. The maximum atomic E-state index is 11.3. The van der Waals surface area contributed by atoms with E-state index in [2.05, 4.69) is 5.32 Å². The van der Waals surface area contributed by atoms with E-state index in [1.54, 1.807) is 24.3 Å². The van der Waals surface area contributed by atoms with Crippen LogP contribution in [0.5, 0.6) is 0 Å². The number of hydrogen-bond acceptors (Lipinski definition) is 4. The van der Waals surface area contributed by atoms with Crippen molar-refractivity contribution < 1.29 is 13.2 Å². The van der Waals surface area contributed by atoms with E-state index >= 15 is 0 Å². The van der Waals surface area contributed by atoms with Gasteiger partial charge in [-0.3, -0.25) is 0 Å². The molecule has 0 bridgehead atoms. The van der Waals surface area contributed by atoms with E-state index in [0.717, 1.165) is 12.2 Å². The number of benzene rings is 1. The number of ether oxygens (including phenoxy) is 1. The molecular formula is C14H21NO3S. The molecule has 1 aliphatic carbocycles. The zero-order valence-electron chi connectivity index (χ0n) is 11.3. The zero-order valence-corrected chi connectivity index (χ0v) is 12.1. The fourth-order valence-electron chi connectivity index (χ4n) is 2.30. The molecule has 1 saturated carbocycles. The summed E-state index contributed by atoms with van der Waals surface area (Å²) in [6.07, 6.45) is 6.59. The lowest BCUT2D eigenvalue weighted by atomic mass is 10.3. The van der Waals surface area contributed by atoms with Crippen LogP contribution in [0, 0.1) is 0 Å². The zero-order chi connectivity index (χ0) is 13.7. The molecule has 4 nitrogen and oxygen atoms in total. The van der Waals surface area contributed by atoms with Gasteiger partial charge in [-0.1, -0.05) is 12.8 Å². The molecule has 1 aromatic rings. The highest BCUT2D eigenvalue weighted by Gasteiger charge is 2.14. The van der Waals surface area contributed by atoms with Crippen LogP contribution in [0.3, 0.4) is 0 Å². The number of sulfone groups is 1. The maximum absolute atomic E-state index is 11.3. The summed E-state index contributed by atoms with van der Waals surface area (Å²) in [5.41, 5.74) is 0.919. The van der Waals surface area contributed by atoms with Gasteiger partial charge in [0.05, 0.1) is 17.6 Å². The molecule has 0 atom stereocenters. The van der Waals surface area contributed by atoms with E-state index in [0.29, 0.717) is 17.6 Å². The Hall–Kier alpha value is -1.07. The van der Waals surface area contributed by atoms with Gasteiger partial charge in [0.2, 0.25) is 0 Å². The Morgan fingerprint density at radius 3 is 2.42 bits per heavy atom. The van der Waals surface area contributed by atoms with Crippen LogP contribution >= 0.6 is 0 Å². The Balaban J connectivity index is 1.74. The Kier molecular flexibility index (Phi) is 4.82. The highest BCUT2D eigenvalue weighted by atomic mass is 32.2. The van der Waals surface area contributed by atoms with Gasteiger partial charge in [0.15, 0.2) is 9.84 Å². The van der Waals surface area contributed by atoms with Crippen molar-refractivity contribution in [2.75, 3.05) is 24.7 Å². The van der Waals surface area contributed by atoms with E-state index < -0.39 is 9.84 Å². The van der Waals surface area contributed by atoms with Crippen molar-refractivity contribution in [2.45, 2.75) is 36.7 Å². The second-order valence-electron chi connectivity index (χ2n) is 5.00. The first kappa shape index (κ1) is 14.3. The van der Waals surface area contributed by atoms with Crippen LogP contribution < -0.4 is 5.32 Å². The monoisotopic (exact) mass is 283 g/mol. The first-order valence-corrected chi connectivity index (χ1v) is 8.60. The molecule has 2 rings (SSSR count). The number of hydrogen-bond donors (Lipinski definition) is 1. The first-order chi connectivity index (χ1) is 9.05. The van der Waals surface area contributed by atoms with Crippen molar-refractivity contribution in [3.05, 3.63) is 24.3 Å². The third-order valence-corrected chi connectivity index (χ3v) is 4.50. The molecule has 0 unspecified atom stereocenters. The molecule has 106 valence electrons. The van der Waals surface area contributed by atoms with E-state index in [4.69, 9.17) is 4.74 Å². The molecular weight excluding hydrogens is 262 g/mol. The molecule has 19 heavy (non-hydrogen) atoms. The van der Waals surface area contributed by atoms with E-state index in [-0.39, 0.29) is 0 Å². The summed E-state index contributed by atoms with van der Waals surface area (Å²) >= 11 is 0. The van der Waals surface area contributed by atoms with Crippen LogP contribution in [0.1, 0.15) is 25.7 Å². The second-order valence-corrected chi connectivity index (χ2v) is 7.02.